The molecule has 4 heteroatoms. The first-order valence-electron chi connectivity index (χ1n) is 6.77. The maximum absolute atomic E-state index is 5.80. The van der Waals surface area contributed by atoms with Crippen molar-refractivity contribution in [1.82, 2.24) is 10.4 Å². The lowest BCUT2D eigenvalue weighted by atomic mass is 9.88. The lowest BCUT2D eigenvalue weighted by Crippen LogP contribution is -2.36. The summed E-state index contributed by atoms with van der Waals surface area (Å²) in [4.78, 5) is 4.57. The number of benzene rings is 1. The van der Waals surface area contributed by atoms with Gasteiger partial charge in [0.15, 0.2) is 0 Å². The second kappa shape index (κ2) is 5.65. The van der Waals surface area contributed by atoms with Gasteiger partial charge in [0, 0.05) is 24.8 Å². The Morgan fingerprint density at radius 1 is 1.21 bits per heavy atom. The van der Waals surface area contributed by atoms with Crippen LogP contribution in [-0.4, -0.2) is 18.2 Å². The highest BCUT2D eigenvalue weighted by Crippen LogP contribution is 2.32. The van der Waals surface area contributed by atoms with Gasteiger partial charge in [0.1, 0.15) is 0 Å². The fourth-order valence-electron chi connectivity index (χ4n) is 2.88. The van der Waals surface area contributed by atoms with E-state index in [0.29, 0.717) is 5.92 Å². The zero-order valence-corrected chi connectivity index (χ0v) is 10.9. The van der Waals surface area contributed by atoms with Gasteiger partial charge in [-0.1, -0.05) is 24.3 Å². The van der Waals surface area contributed by atoms with E-state index in [-0.39, 0.29) is 6.04 Å². The van der Waals surface area contributed by atoms with Crippen LogP contribution in [-0.2, 0) is 4.74 Å². The van der Waals surface area contributed by atoms with Crippen LogP contribution >= 0.6 is 0 Å². The standard InChI is InChI=1S/C15H19N3O/c16-18-14(12-6-9-19-10-7-12)15-13-4-2-1-3-11(13)5-8-17-15/h1-5,8,12,14,18H,6-7,9-10,16H2. The van der Waals surface area contributed by atoms with Gasteiger partial charge in [0.05, 0.1) is 11.7 Å². The maximum atomic E-state index is 5.80. The van der Waals surface area contributed by atoms with Gasteiger partial charge < -0.3 is 4.74 Å². The van der Waals surface area contributed by atoms with Crippen LogP contribution in [0.5, 0.6) is 0 Å². The molecule has 0 radical (unpaired) electrons. The van der Waals surface area contributed by atoms with Gasteiger partial charge in [-0.25, -0.2) is 0 Å². The largest absolute Gasteiger partial charge is 0.381 e. The van der Waals surface area contributed by atoms with Crippen LogP contribution in [0.2, 0.25) is 0 Å². The fourth-order valence-corrected chi connectivity index (χ4v) is 2.88. The number of rotatable bonds is 3. The first-order chi connectivity index (χ1) is 9.40. The molecular weight excluding hydrogens is 238 g/mol. The molecule has 1 saturated heterocycles. The molecule has 3 rings (SSSR count). The molecule has 0 amide bonds. The Morgan fingerprint density at radius 2 is 2.00 bits per heavy atom. The minimum atomic E-state index is 0.0926. The molecule has 2 heterocycles. The van der Waals surface area contributed by atoms with E-state index in [9.17, 15) is 0 Å². The number of nitrogens with one attached hydrogen (secondary N) is 1. The topological polar surface area (TPSA) is 60.2 Å². The minimum Gasteiger partial charge on any atom is -0.381 e. The Kier molecular flexibility index (Phi) is 3.73. The SMILES string of the molecule is NNC(c1nccc2ccccc12)C1CCOCC1. The van der Waals surface area contributed by atoms with Crippen molar-refractivity contribution in [2.24, 2.45) is 11.8 Å². The number of nitrogens with zero attached hydrogens (tertiary/aromatic N) is 1. The summed E-state index contributed by atoms with van der Waals surface area (Å²) in [7, 11) is 0. The average Bonchev–Trinajstić information content (AvgIpc) is 2.49. The third kappa shape index (κ3) is 2.47. The summed E-state index contributed by atoms with van der Waals surface area (Å²) in [5.41, 5.74) is 4.01. The molecule has 1 aromatic heterocycles. The summed E-state index contributed by atoms with van der Waals surface area (Å²) in [5.74, 6) is 6.28. The quantitative estimate of drug-likeness (QED) is 0.653. The molecular formula is C15H19N3O. The molecule has 0 aliphatic carbocycles. The van der Waals surface area contributed by atoms with Gasteiger partial charge in [0.25, 0.3) is 0 Å². The Bertz CT molecular complexity index is 547. The zero-order valence-electron chi connectivity index (χ0n) is 10.9. The smallest absolute Gasteiger partial charge is 0.0668 e. The predicted molar refractivity (Wildman–Crippen MR) is 75.4 cm³/mol. The van der Waals surface area contributed by atoms with E-state index in [4.69, 9.17) is 10.6 Å². The summed E-state index contributed by atoms with van der Waals surface area (Å²) < 4.78 is 5.43. The Labute approximate surface area is 112 Å². The van der Waals surface area contributed by atoms with Crippen molar-refractivity contribution in [3.05, 3.63) is 42.2 Å². The van der Waals surface area contributed by atoms with Crippen LogP contribution in [0.1, 0.15) is 24.6 Å². The van der Waals surface area contributed by atoms with Crippen LogP contribution in [0.25, 0.3) is 10.8 Å². The van der Waals surface area contributed by atoms with E-state index in [0.717, 1.165) is 31.7 Å². The molecule has 1 aliphatic rings. The van der Waals surface area contributed by atoms with Gasteiger partial charge in [0.2, 0.25) is 0 Å². The van der Waals surface area contributed by atoms with Gasteiger partial charge >= 0.3 is 0 Å². The molecule has 1 aromatic carbocycles. The van der Waals surface area contributed by atoms with E-state index in [1.165, 1.54) is 10.8 Å². The van der Waals surface area contributed by atoms with Gasteiger partial charge in [-0.2, -0.15) is 0 Å². The number of hydrazine groups is 1. The number of aromatic nitrogens is 1. The molecule has 1 unspecified atom stereocenters. The monoisotopic (exact) mass is 257 g/mol. The summed E-state index contributed by atoms with van der Waals surface area (Å²) in [6.45, 7) is 1.63. The molecule has 100 valence electrons. The molecule has 4 nitrogen and oxygen atoms in total. The van der Waals surface area contributed by atoms with Gasteiger partial charge in [-0.3, -0.25) is 16.3 Å². The summed E-state index contributed by atoms with van der Waals surface area (Å²) in [5, 5.41) is 2.39. The maximum Gasteiger partial charge on any atom is 0.0668 e. The van der Waals surface area contributed by atoms with Crippen molar-refractivity contribution in [3.63, 3.8) is 0 Å². The number of nitrogens with two attached hydrogens (primary N) is 1. The molecule has 3 N–H and O–H groups in total. The van der Waals surface area contributed by atoms with E-state index >= 15 is 0 Å². The third-order valence-corrected chi connectivity index (χ3v) is 3.92. The van der Waals surface area contributed by atoms with Crippen molar-refractivity contribution < 1.29 is 4.74 Å². The Hall–Kier alpha value is -1.49. The van der Waals surface area contributed by atoms with Gasteiger partial charge in [-0.15, -0.1) is 0 Å². The average molecular weight is 257 g/mol. The van der Waals surface area contributed by atoms with Crippen LogP contribution < -0.4 is 11.3 Å². The van der Waals surface area contributed by atoms with Crippen LogP contribution in [0.15, 0.2) is 36.5 Å². The number of fused-ring (bicyclic) bond motifs is 1. The number of pyridine rings is 1. The first-order valence-corrected chi connectivity index (χ1v) is 6.77. The van der Waals surface area contributed by atoms with Crippen molar-refractivity contribution in [1.29, 1.82) is 0 Å². The molecule has 1 fully saturated rings. The van der Waals surface area contributed by atoms with E-state index in [1.807, 2.05) is 24.4 Å². The number of hydrogen-bond donors (Lipinski definition) is 2. The van der Waals surface area contributed by atoms with Crippen molar-refractivity contribution in [2.45, 2.75) is 18.9 Å². The lowest BCUT2D eigenvalue weighted by molar-refractivity contribution is 0.0533. The fraction of sp³-hybridized carbons (Fsp3) is 0.400. The Morgan fingerprint density at radius 3 is 2.79 bits per heavy atom. The lowest BCUT2D eigenvalue weighted by Gasteiger charge is -2.30. The summed E-state index contributed by atoms with van der Waals surface area (Å²) >= 11 is 0. The second-order valence-electron chi connectivity index (χ2n) is 5.01. The molecule has 19 heavy (non-hydrogen) atoms. The summed E-state index contributed by atoms with van der Waals surface area (Å²) in [6.07, 6.45) is 3.92. The molecule has 1 atom stereocenters. The summed E-state index contributed by atoms with van der Waals surface area (Å²) in [6, 6.07) is 10.4. The molecule has 0 spiro atoms. The molecule has 2 aromatic rings. The number of hydrogen-bond acceptors (Lipinski definition) is 4. The van der Waals surface area contributed by atoms with Crippen LogP contribution in [0.4, 0.5) is 0 Å². The minimum absolute atomic E-state index is 0.0926. The second-order valence-corrected chi connectivity index (χ2v) is 5.01. The van der Waals surface area contributed by atoms with Crippen molar-refractivity contribution >= 4 is 10.8 Å². The number of ether oxygens (including phenoxy) is 1. The third-order valence-electron chi connectivity index (χ3n) is 3.92. The van der Waals surface area contributed by atoms with E-state index in [2.05, 4.69) is 22.5 Å². The first kappa shape index (κ1) is 12.5. The van der Waals surface area contributed by atoms with E-state index < -0.39 is 0 Å². The molecule has 1 aliphatic heterocycles. The molecule has 0 bridgehead atoms. The van der Waals surface area contributed by atoms with Gasteiger partial charge in [-0.05, 0) is 30.2 Å². The highest BCUT2D eigenvalue weighted by Gasteiger charge is 2.26. The molecule has 0 saturated carbocycles. The zero-order chi connectivity index (χ0) is 13.1. The van der Waals surface area contributed by atoms with E-state index in [1.54, 1.807) is 0 Å². The predicted octanol–water partition coefficient (Wildman–Crippen LogP) is 2.17. The Balaban J connectivity index is 2.00. The normalized spacial score (nSPS) is 18.6. The highest BCUT2D eigenvalue weighted by atomic mass is 16.5. The highest BCUT2D eigenvalue weighted by molar-refractivity contribution is 5.84. The van der Waals surface area contributed by atoms with Crippen molar-refractivity contribution in [2.75, 3.05) is 13.2 Å². The van der Waals surface area contributed by atoms with Crippen molar-refractivity contribution in [3.8, 4) is 0 Å². The van der Waals surface area contributed by atoms with Crippen LogP contribution in [0.3, 0.4) is 0 Å². The van der Waals surface area contributed by atoms with Crippen LogP contribution in [0, 0.1) is 5.92 Å².